The molecule has 2 aromatic rings. The molecule has 0 unspecified atom stereocenters. The number of rotatable bonds is 6. The van der Waals surface area contributed by atoms with Gasteiger partial charge in [0.1, 0.15) is 0 Å². The number of aliphatic hydroxyl groups excluding tert-OH is 1. The Labute approximate surface area is 123 Å². The van der Waals surface area contributed by atoms with E-state index in [1.54, 1.807) is 11.8 Å². The number of nitrogens with zero attached hydrogens (tertiary/aromatic N) is 3. The summed E-state index contributed by atoms with van der Waals surface area (Å²) >= 11 is 1.59. The predicted octanol–water partition coefficient (Wildman–Crippen LogP) is 1.75. The Morgan fingerprint density at radius 3 is 2.75 bits per heavy atom. The summed E-state index contributed by atoms with van der Waals surface area (Å²) in [6.07, 6.45) is 0. The van der Waals surface area contributed by atoms with Crippen LogP contribution in [0.5, 0.6) is 0 Å². The fourth-order valence-electron chi connectivity index (χ4n) is 1.85. The normalized spacial score (nSPS) is 12.6. The van der Waals surface area contributed by atoms with Crippen LogP contribution >= 0.6 is 11.8 Å². The third-order valence-electron chi connectivity index (χ3n) is 3.05. The number of aryl methyl sites for hydroxylation is 1. The Morgan fingerprint density at radius 2 is 2.10 bits per heavy atom. The Balaban J connectivity index is 2.35. The van der Waals surface area contributed by atoms with Crippen molar-refractivity contribution in [2.75, 3.05) is 12.4 Å². The Morgan fingerprint density at radius 1 is 1.35 bits per heavy atom. The van der Waals surface area contributed by atoms with E-state index in [1.165, 1.54) is 0 Å². The Hall–Kier alpha value is -1.37. The van der Waals surface area contributed by atoms with Crippen LogP contribution in [0.1, 0.15) is 18.3 Å². The third-order valence-corrected chi connectivity index (χ3v) is 4.31. The van der Waals surface area contributed by atoms with Crippen molar-refractivity contribution in [2.24, 2.45) is 11.7 Å². The second-order valence-corrected chi connectivity index (χ2v) is 5.81. The van der Waals surface area contributed by atoms with Crippen LogP contribution in [-0.4, -0.2) is 32.2 Å². The minimum Gasteiger partial charge on any atom is -0.396 e. The van der Waals surface area contributed by atoms with Gasteiger partial charge in [0, 0.05) is 12.4 Å². The maximum atomic E-state index is 9.12. The molecule has 2 rings (SSSR count). The van der Waals surface area contributed by atoms with Gasteiger partial charge < -0.3 is 10.8 Å². The lowest BCUT2D eigenvalue weighted by Gasteiger charge is -2.13. The molecule has 5 nitrogen and oxygen atoms in total. The van der Waals surface area contributed by atoms with Crippen molar-refractivity contribution >= 4 is 11.8 Å². The quantitative estimate of drug-likeness (QED) is 0.793. The molecule has 0 amide bonds. The highest BCUT2D eigenvalue weighted by Crippen LogP contribution is 2.25. The van der Waals surface area contributed by atoms with Crippen LogP contribution in [0.15, 0.2) is 29.4 Å². The number of hydrogen-bond acceptors (Lipinski definition) is 5. The maximum Gasteiger partial charge on any atom is 0.195 e. The predicted molar refractivity (Wildman–Crippen MR) is 81.0 cm³/mol. The number of thioether (sulfide) groups is 1. The molecular formula is C14H20N4OS. The van der Waals surface area contributed by atoms with Crippen molar-refractivity contribution in [3.8, 4) is 5.69 Å². The summed E-state index contributed by atoms with van der Waals surface area (Å²) in [7, 11) is 0. The van der Waals surface area contributed by atoms with Gasteiger partial charge in [-0.25, -0.2) is 0 Å². The molecule has 0 saturated heterocycles. The summed E-state index contributed by atoms with van der Waals surface area (Å²) in [6, 6.07) is 8.09. The average molecular weight is 292 g/mol. The van der Waals surface area contributed by atoms with E-state index in [2.05, 4.69) is 23.2 Å². The maximum absolute atomic E-state index is 9.12. The first-order chi connectivity index (χ1) is 9.67. The summed E-state index contributed by atoms with van der Waals surface area (Å²) in [5.74, 6) is 1.77. The summed E-state index contributed by atoms with van der Waals surface area (Å²) in [6.45, 7) is 4.58. The Kier molecular flexibility index (Phi) is 5.17. The van der Waals surface area contributed by atoms with E-state index in [0.29, 0.717) is 6.54 Å². The van der Waals surface area contributed by atoms with Gasteiger partial charge >= 0.3 is 0 Å². The van der Waals surface area contributed by atoms with Crippen molar-refractivity contribution in [3.05, 3.63) is 35.7 Å². The molecule has 6 heteroatoms. The fourth-order valence-corrected chi connectivity index (χ4v) is 2.82. The lowest BCUT2D eigenvalue weighted by molar-refractivity contribution is 0.250. The molecule has 0 radical (unpaired) electrons. The van der Waals surface area contributed by atoms with Crippen LogP contribution in [0, 0.1) is 12.8 Å². The molecule has 0 fully saturated rings. The monoisotopic (exact) mass is 292 g/mol. The minimum absolute atomic E-state index is 0.176. The molecule has 0 aliphatic rings. The topological polar surface area (TPSA) is 77.0 Å². The van der Waals surface area contributed by atoms with Gasteiger partial charge in [-0.1, -0.05) is 36.9 Å². The number of para-hydroxylation sites is 1. The summed E-state index contributed by atoms with van der Waals surface area (Å²) in [5.41, 5.74) is 7.97. The largest absolute Gasteiger partial charge is 0.396 e. The SMILES string of the molecule is Cc1ccccc1-n1c(CN)nnc1SC[C@H](C)CO. The van der Waals surface area contributed by atoms with Gasteiger partial charge in [-0.3, -0.25) is 4.57 Å². The highest BCUT2D eigenvalue weighted by molar-refractivity contribution is 7.99. The van der Waals surface area contributed by atoms with Crippen LogP contribution in [-0.2, 0) is 6.54 Å². The van der Waals surface area contributed by atoms with E-state index in [0.717, 1.165) is 28.0 Å². The van der Waals surface area contributed by atoms with Crippen molar-refractivity contribution in [3.63, 3.8) is 0 Å². The van der Waals surface area contributed by atoms with E-state index in [9.17, 15) is 0 Å². The van der Waals surface area contributed by atoms with Gasteiger partial charge in [-0.2, -0.15) is 0 Å². The van der Waals surface area contributed by atoms with Crippen LogP contribution in [0.3, 0.4) is 0 Å². The van der Waals surface area contributed by atoms with Gasteiger partial charge in [0.15, 0.2) is 11.0 Å². The zero-order valence-corrected chi connectivity index (χ0v) is 12.6. The summed E-state index contributed by atoms with van der Waals surface area (Å²) < 4.78 is 2.00. The first kappa shape index (κ1) is 15.0. The highest BCUT2D eigenvalue weighted by atomic mass is 32.2. The van der Waals surface area contributed by atoms with Crippen LogP contribution in [0.25, 0.3) is 5.69 Å². The summed E-state index contributed by atoms with van der Waals surface area (Å²) in [5, 5.41) is 18.3. The van der Waals surface area contributed by atoms with Crippen LogP contribution in [0.2, 0.25) is 0 Å². The molecule has 0 aliphatic heterocycles. The van der Waals surface area contributed by atoms with E-state index in [-0.39, 0.29) is 12.5 Å². The van der Waals surface area contributed by atoms with Gasteiger partial charge in [-0.05, 0) is 24.5 Å². The molecule has 1 aromatic carbocycles. The fraction of sp³-hybridized carbons (Fsp3) is 0.429. The minimum atomic E-state index is 0.176. The van der Waals surface area contributed by atoms with E-state index >= 15 is 0 Å². The lowest BCUT2D eigenvalue weighted by Crippen LogP contribution is -2.10. The van der Waals surface area contributed by atoms with E-state index in [1.807, 2.05) is 29.7 Å². The second kappa shape index (κ2) is 6.88. The standard InChI is InChI=1S/C14H20N4OS/c1-10(8-19)9-20-14-17-16-13(7-15)18(14)12-6-4-3-5-11(12)2/h3-6,10,19H,7-9,15H2,1-2H3/t10-/m1/s1. The molecule has 1 aromatic heterocycles. The smallest absolute Gasteiger partial charge is 0.195 e. The van der Waals surface area contributed by atoms with E-state index in [4.69, 9.17) is 10.8 Å². The molecule has 0 aliphatic carbocycles. The number of hydrogen-bond donors (Lipinski definition) is 2. The number of aromatic nitrogens is 3. The number of nitrogens with two attached hydrogens (primary N) is 1. The van der Waals surface area contributed by atoms with Crippen LogP contribution in [0.4, 0.5) is 0 Å². The molecule has 108 valence electrons. The molecule has 1 heterocycles. The summed E-state index contributed by atoms with van der Waals surface area (Å²) in [4.78, 5) is 0. The van der Waals surface area contributed by atoms with Gasteiger partial charge in [0.2, 0.25) is 0 Å². The van der Waals surface area contributed by atoms with Crippen LogP contribution < -0.4 is 5.73 Å². The number of benzene rings is 1. The molecule has 3 N–H and O–H groups in total. The molecule has 1 atom stereocenters. The molecule has 20 heavy (non-hydrogen) atoms. The van der Waals surface area contributed by atoms with Gasteiger partial charge in [0.25, 0.3) is 0 Å². The van der Waals surface area contributed by atoms with Gasteiger partial charge in [0.05, 0.1) is 12.2 Å². The van der Waals surface area contributed by atoms with Crippen molar-refractivity contribution in [1.82, 2.24) is 14.8 Å². The van der Waals surface area contributed by atoms with Crippen molar-refractivity contribution in [2.45, 2.75) is 25.5 Å². The Bertz CT molecular complexity index is 570. The van der Waals surface area contributed by atoms with E-state index < -0.39 is 0 Å². The second-order valence-electron chi connectivity index (χ2n) is 4.82. The zero-order chi connectivity index (χ0) is 14.5. The first-order valence-electron chi connectivity index (χ1n) is 6.61. The number of aliphatic hydroxyl groups is 1. The highest BCUT2D eigenvalue weighted by Gasteiger charge is 2.15. The lowest BCUT2D eigenvalue weighted by atomic mass is 10.2. The molecule has 0 bridgehead atoms. The average Bonchev–Trinajstić information content (AvgIpc) is 2.88. The molecular weight excluding hydrogens is 272 g/mol. The molecule has 0 spiro atoms. The van der Waals surface area contributed by atoms with Crippen molar-refractivity contribution in [1.29, 1.82) is 0 Å². The zero-order valence-electron chi connectivity index (χ0n) is 11.8. The van der Waals surface area contributed by atoms with Crippen molar-refractivity contribution < 1.29 is 5.11 Å². The first-order valence-corrected chi connectivity index (χ1v) is 7.60. The molecule has 0 saturated carbocycles. The van der Waals surface area contributed by atoms with Gasteiger partial charge in [-0.15, -0.1) is 10.2 Å². The third kappa shape index (κ3) is 3.20.